The maximum absolute atomic E-state index is 9.33. The molecule has 0 radical (unpaired) electrons. The Morgan fingerprint density at radius 2 is 1.36 bits per heavy atom. The highest BCUT2D eigenvalue weighted by Gasteiger charge is 2.20. The molecule has 0 N–H and O–H groups in total. The largest absolute Gasteiger partial charge is 0.456 e. The van der Waals surface area contributed by atoms with Gasteiger partial charge in [0, 0.05) is 32.0 Å². The first-order chi connectivity index (χ1) is 30.0. The van der Waals surface area contributed by atoms with Gasteiger partial charge in [0.2, 0.25) is 0 Å². The highest BCUT2D eigenvalue weighted by molar-refractivity contribution is 7.26. The van der Waals surface area contributed by atoms with Gasteiger partial charge in [0.25, 0.3) is 0 Å². The van der Waals surface area contributed by atoms with Gasteiger partial charge in [-0.1, -0.05) is 103 Å². The zero-order valence-corrected chi connectivity index (χ0v) is 21.5. The topological polar surface area (TPSA) is 38.9 Å². The van der Waals surface area contributed by atoms with E-state index in [1.54, 1.807) is 0 Å². The van der Waals surface area contributed by atoms with E-state index in [9.17, 15) is 5.48 Å². The van der Waals surface area contributed by atoms with E-state index in [4.69, 9.17) is 29.1 Å². The quantitative estimate of drug-likeness (QED) is 0.210. The van der Waals surface area contributed by atoms with E-state index in [-0.39, 0.29) is 31.4 Å². The number of rotatable bonds is 3. The van der Waals surface area contributed by atoms with Crippen LogP contribution in [-0.4, -0.2) is 9.97 Å². The van der Waals surface area contributed by atoms with Crippen molar-refractivity contribution in [3.05, 3.63) is 133 Å². The standard InChI is InChI=1S/C38H22N2OS/c1-2-10-24(11-3-1)35-37-36(29-13-6-7-16-33(29)42-37)40-38(39-35)30-14-8-15-31-34(30)28-20-19-27(22-32(28)41-31)26-18-17-23-9-4-5-12-25(23)21-26/h1-22H/i1D,2D,3D,4D,5D,6D,7D,8D,9D,10D,11D,12D,13D,14D,15D,16D,17D,18D,19D,20D,21D,22D. The molecule has 0 atom stereocenters. The Morgan fingerprint density at radius 1 is 0.571 bits per heavy atom. The summed E-state index contributed by atoms with van der Waals surface area (Å²) in [5.74, 6) is -0.571. The van der Waals surface area contributed by atoms with Crippen LogP contribution in [0.4, 0.5) is 0 Å². The van der Waals surface area contributed by atoms with E-state index in [0.717, 1.165) is 11.3 Å². The maximum atomic E-state index is 9.33. The van der Waals surface area contributed by atoms with Crippen molar-refractivity contribution in [2.45, 2.75) is 0 Å². The molecule has 0 fully saturated rings. The molecule has 6 aromatic carbocycles. The molecule has 42 heavy (non-hydrogen) atoms. The first-order valence-electron chi connectivity index (χ1n) is 23.2. The zero-order valence-electron chi connectivity index (χ0n) is 42.7. The van der Waals surface area contributed by atoms with Gasteiger partial charge in [-0.05, 0) is 52.1 Å². The number of hydrogen-bond acceptors (Lipinski definition) is 4. The Kier molecular flexibility index (Phi) is 2.27. The summed E-state index contributed by atoms with van der Waals surface area (Å²) >= 11 is 0.745. The molecule has 196 valence electrons. The van der Waals surface area contributed by atoms with Gasteiger partial charge in [0.1, 0.15) is 11.2 Å². The Balaban J connectivity index is 1.46. The van der Waals surface area contributed by atoms with E-state index < -0.39 is 188 Å². The van der Waals surface area contributed by atoms with Gasteiger partial charge in [-0.2, -0.15) is 0 Å². The van der Waals surface area contributed by atoms with Gasteiger partial charge in [0.15, 0.2) is 5.82 Å². The number of thiophene rings is 1. The minimum atomic E-state index is -0.850. The van der Waals surface area contributed by atoms with Crippen molar-refractivity contribution < 1.29 is 34.6 Å². The lowest BCUT2D eigenvalue weighted by molar-refractivity contribution is 0.669. The van der Waals surface area contributed by atoms with Crippen LogP contribution in [0.3, 0.4) is 0 Å². The summed E-state index contributed by atoms with van der Waals surface area (Å²) in [6, 6.07) is -16.0. The Morgan fingerprint density at radius 3 is 2.29 bits per heavy atom. The van der Waals surface area contributed by atoms with Crippen LogP contribution >= 0.6 is 11.3 Å². The predicted molar refractivity (Wildman–Crippen MR) is 176 cm³/mol. The van der Waals surface area contributed by atoms with E-state index in [0.29, 0.717) is 0 Å². The SMILES string of the molecule is [2H]c1c([2H])c([2H])c(-c2nc(-c3c([2H])c([2H])c([2H])c4oc5c([2H])c(-c6c([2H])c([2H])c7c([2H])c([2H])c([2H])c([2H])c7c6[2H])c([2H])c([2H])c5c34)nc3c2sc2c([2H])c([2H])c([2H])c([2H])c23)c([2H])c1[2H]. The van der Waals surface area contributed by atoms with Gasteiger partial charge < -0.3 is 4.42 Å². The first-order valence-corrected chi connectivity index (χ1v) is 13.0. The highest BCUT2D eigenvalue weighted by Crippen LogP contribution is 2.42. The van der Waals surface area contributed by atoms with E-state index in [1.807, 2.05) is 0 Å². The Labute approximate surface area is 276 Å². The van der Waals surface area contributed by atoms with Crippen molar-refractivity contribution in [1.82, 2.24) is 9.97 Å². The summed E-state index contributed by atoms with van der Waals surface area (Å²) in [5.41, 5.74) is -3.92. The minimum Gasteiger partial charge on any atom is -0.456 e. The molecule has 4 heteroatoms. The zero-order chi connectivity index (χ0) is 46.8. The molecular formula is C38H22N2OS. The Hall–Kier alpha value is -5.32. The second-order valence-corrected chi connectivity index (χ2v) is 9.91. The molecule has 0 spiro atoms. The lowest BCUT2D eigenvalue weighted by atomic mass is 9.99. The third-order valence-electron chi connectivity index (χ3n) is 6.49. The number of aromatic nitrogens is 2. The third kappa shape index (κ3) is 3.59. The van der Waals surface area contributed by atoms with E-state index >= 15 is 0 Å². The summed E-state index contributed by atoms with van der Waals surface area (Å²) < 4.78 is 197. The van der Waals surface area contributed by atoms with Crippen molar-refractivity contribution in [2.75, 3.05) is 0 Å². The fourth-order valence-electron chi connectivity index (χ4n) is 4.66. The summed E-state index contributed by atoms with van der Waals surface area (Å²) in [7, 11) is 0. The number of furan rings is 1. The van der Waals surface area contributed by atoms with Crippen LogP contribution in [0.2, 0.25) is 0 Å². The molecule has 3 aromatic heterocycles. The molecule has 3 heterocycles. The molecule has 3 nitrogen and oxygen atoms in total. The van der Waals surface area contributed by atoms with Crippen LogP contribution in [0, 0.1) is 0 Å². The number of nitrogens with zero attached hydrogens (tertiary/aromatic N) is 2. The lowest BCUT2D eigenvalue weighted by Gasteiger charge is -2.08. The van der Waals surface area contributed by atoms with Gasteiger partial charge in [-0.15, -0.1) is 11.3 Å². The molecular weight excluding hydrogens is 532 g/mol. The van der Waals surface area contributed by atoms with Crippen molar-refractivity contribution in [3.63, 3.8) is 0 Å². The smallest absolute Gasteiger partial charge is 0.161 e. The average Bonchev–Trinajstić information content (AvgIpc) is 3.86. The molecule has 0 aliphatic rings. The summed E-state index contributed by atoms with van der Waals surface area (Å²) in [4.78, 5) is 9.21. The van der Waals surface area contributed by atoms with Crippen LogP contribution in [0.5, 0.6) is 0 Å². The summed E-state index contributed by atoms with van der Waals surface area (Å²) in [6.45, 7) is 0. The van der Waals surface area contributed by atoms with Crippen molar-refractivity contribution >= 4 is 64.4 Å². The monoisotopic (exact) mass is 576 g/mol. The van der Waals surface area contributed by atoms with Crippen molar-refractivity contribution in [3.8, 4) is 33.8 Å². The average molecular weight is 577 g/mol. The molecule has 0 saturated carbocycles. The highest BCUT2D eigenvalue weighted by atomic mass is 32.1. The van der Waals surface area contributed by atoms with Crippen LogP contribution in [0.25, 0.3) is 86.8 Å². The molecule has 0 unspecified atom stereocenters. The third-order valence-corrected chi connectivity index (χ3v) is 7.59. The van der Waals surface area contributed by atoms with Crippen molar-refractivity contribution in [1.29, 1.82) is 0 Å². The fraction of sp³-hybridized carbons (Fsp3) is 0. The molecule has 0 bridgehead atoms. The van der Waals surface area contributed by atoms with Gasteiger partial charge in [-0.25, -0.2) is 9.97 Å². The van der Waals surface area contributed by atoms with Crippen LogP contribution < -0.4 is 0 Å². The molecule has 0 aliphatic heterocycles. The summed E-state index contributed by atoms with van der Waals surface area (Å²) in [6.07, 6.45) is 0. The second kappa shape index (κ2) is 9.10. The molecule has 0 amide bonds. The van der Waals surface area contributed by atoms with Gasteiger partial charge in [0.05, 0.1) is 46.1 Å². The van der Waals surface area contributed by atoms with E-state index in [2.05, 4.69) is 9.97 Å². The maximum Gasteiger partial charge on any atom is 0.161 e. The molecule has 9 aromatic rings. The van der Waals surface area contributed by atoms with Gasteiger partial charge >= 0.3 is 0 Å². The molecule has 0 aliphatic carbocycles. The van der Waals surface area contributed by atoms with Crippen LogP contribution in [0.1, 0.15) is 30.2 Å². The van der Waals surface area contributed by atoms with Crippen LogP contribution in [-0.2, 0) is 0 Å². The number of hydrogen-bond donors (Lipinski definition) is 0. The van der Waals surface area contributed by atoms with E-state index in [1.165, 1.54) is 0 Å². The second-order valence-electron chi connectivity index (χ2n) is 8.89. The molecule has 9 rings (SSSR count). The van der Waals surface area contributed by atoms with Crippen molar-refractivity contribution in [2.24, 2.45) is 0 Å². The summed E-state index contributed by atoms with van der Waals surface area (Å²) in [5, 5.41) is -1.91. The van der Waals surface area contributed by atoms with Crippen LogP contribution in [0.15, 0.2) is 137 Å². The van der Waals surface area contributed by atoms with Gasteiger partial charge in [-0.3, -0.25) is 0 Å². The number of fused-ring (bicyclic) bond motifs is 7. The predicted octanol–water partition coefficient (Wildman–Crippen LogP) is 10.9. The Bertz CT molecular complexity index is 3680. The normalized spacial score (nSPS) is 19.1. The fourth-order valence-corrected chi connectivity index (χ4v) is 5.70. The lowest BCUT2D eigenvalue weighted by Crippen LogP contribution is -1.94. The first kappa shape index (κ1) is 10.5. The number of benzene rings is 6. The minimum absolute atomic E-state index is 0.0462. The molecule has 0 saturated heterocycles.